The molecule has 6 heteroatoms. The van der Waals surface area contributed by atoms with Crippen LogP contribution >= 0.6 is 11.3 Å². The Balaban J connectivity index is 2.06. The third-order valence-corrected chi connectivity index (χ3v) is 4.55. The molecule has 0 radical (unpaired) electrons. The van der Waals surface area contributed by atoms with Crippen molar-refractivity contribution in [2.75, 3.05) is 11.9 Å². The molecule has 0 bridgehead atoms. The van der Waals surface area contributed by atoms with Crippen molar-refractivity contribution in [2.45, 2.75) is 39.2 Å². The van der Waals surface area contributed by atoms with Gasteiger partial charge >= 0.3 is 6.03 Å². The number of anilines is 1. The second-order valence-electron chi connectivity index (χ2n) is 5.38. The number of nitrogens with zero attached hydrogens (tertiary/aromatic N) is 1. The summed E-state index contributed by atoms with van der Waals surface area (Å²) in [7, 11) is 0. The number of rotatable bonds is 5. The van der Waals surface area contributed by atoms with Crippen LogP contribution in [0.15, 0.2) is 18.2 Å². The van der Waals surface area contributed by atoms with Gasteiger partial charge in [0.2, 0.25) is 0 Å². The number of aliphatic hydroxyl groups is 1. The van der Waals surface area contributed by atoms with E-state index in [1.807, 2.05) is 39.0 Å². The van der Waals surface area contributed by atoms with Gasteiger partial charge in [0.1, 0.15) is 0 Å². The zero-order valence-corrected chi connectivity index (χ0v) is 13.4. The van der Waals surface area contributed by atoms with Crippen LogP contribution in [-0.4, -0.2) is 28.3 Å². The van der Waals surface area contributed by atoms with Gasteiger partial charge in [0.15, 0.2) is 0 Å². The Bertz CT molecular complexity index is 641. The van der Waals surface area contributed by atoms with E-state index in [1.165, 1.54) is 0 Å². The molecule has 0 aliphatic heterocycles. The van der Waals surface area contributed by atoms with Crippen LogP contribution in [0.5, 0.6) is 0 Å². The zero-order chi connectivity index (χ0) is 15.5. The molecule has 2 rings (SSSR count). The van der Waals surface area contributed by atoms with Gasteiger partial charge in [-0.15, -0.1) is 11.3 Å². The molecule has 1 atom stereocenters. The normalized spacial score (nSPS) is 13.9. The average Bonchev–Trinajstić information content (AvgIpc) is 2.78. The van der Waals surface area contributed by atoms with Crippen molar-refractivity contribution >= 4 is 33.3 Å². The number of nitrogens with one attached hydrogen (secondary N) is 2. The minimum atomic E-state index is -0.399. The Labute approximate surface area is 128 Å². The molecule has 0 spiro atoms. The molecule has 0 aliphatic rings. The van der Waals surface area contributed by atoms with Crippen LogP contribution in [0.1, 0.15) is 31.7 Å². The highest BCUT2D eigenvalue weighted by Gasteiger charge is 2.23. The van der Waals surface area contributed by atoms with Gasteiger partial charge in [-0.25, -0.2) is 9.78 Å². The number of amides is 2. The number of thiazole rings is 1. The van der Waals surface area contributed by atoms with Crippen molar-refractivity contribution < 1.29 is 9.90 Å². The van der Waals surface area contributed by atoms with Gasteiger partial charge in [-0.3, -0.25) is 0 Å². The number of carbonyl (C=O) groups excluding carboxylic acids is 1. The fraction of sp³-hybridized carbons (Fsp3) is 0.467. The molecule has 2 amide bonds. The summed E-state index contributed by atoms with van der Waals surface area (Å²) in [5.74, 6) is 0. The third kappa shape index (κ3) is 3.92. The fourth-order valence-electron chi connectivity index (χ4n) is 2.13. The first-order valence-electron chi connectivity index (χ1n) is 7.03. The summed E-state index contributed by atoms with van der Waals surface area (Å²) in [6.07, 6.45) is 1.29. The Hall–Kier alpha value is -1.66. The van der Waals surface area contributed by atoms with E-state index in [2.05, 4.69) is 15.6 Å². The second-order valence-corrected chi connectivity index (χ2v) is 6.62. The summed E-state index contributed by atoms with van der Waals surface area (Å²) in [5, 5.41) is 15.8. The van der Waals surface area contributed by atoms with E-state index in [1.54, 1.807) is 11.3 Å². The molecular weight excluding hydrogens is 286 g/mol. The number of hydrogen-bond donors (Lipinski definition) is 3. The lowest BCUT2D eigenvalue weighted by Crippen LogP contribution is -2.48. The molecule has 21 heavy (non-hydrogen) atoms. The minimum Gasteiger partial charge on any atom is -0.396 e. The number of aliphatic hydroxyl groups excluding tert-OH is 1. The van der Waals surface area contributed by atoms with Crippen molar-refractivity contribution in [3.05, 3.63) is 23.2 Å². The van der Waals surface area contributed by atoms with E-state index in [9.17, 15) is 4.79 Å². The highest BCUT2D eigenvalue weighted by Crippen LogP contribution is 2.24. The summed E-state index contributed by atoms with van der Waals surface area (Å²) < 4.78 is 1.05. The molecule has 1 aromatic carbocycles. The van der Waals surface area contributed by atoms with Crippen LogP contribution in [0.4, 0.5) is 10.5 Å². The molecule has 2 aromatic rings. The summed E-state index contributed by atoms with van der Waals surface area (Å²) in [5.41, 5.74) is 1.29. The number of benzene rings is 1. The summed E-state index contributed by atoms with van der Waals surface area (Å²) in [6.45, 7) is 5.93. The second kappa shape index (κ2) is 6.41. The van der Waals surface area contributed by atoms with Gasteiger partial charge in [0.05, 0.1) is 15.2 Å². The molecule has 1 heterocycles. The number of hydrogen-bond acceptors (Lipinski definition) is 4. The molecule has 1 unspecified atom stereocenters. The largest absolute Gasteiger partial charge is 0.396 e. The van der Waals surface area contributed by atoms with E-state index in [4.69, 9.17) is 5.11 Å². The van der Waals surface area contributed by atoms with Crippen LogP contribution in [0.3, 0.4) is 0 Å². The van der Waals surface area contributed by atoms with Crippen LogP contribution in [0, 0.1) is 6.92 Å². The van der Waals surface area contributed by atoms with Crippen LogP contribution < -0.4 is 10.6 Å². The maximum Gasteiger partial charge on any atom is 0.319 e. The molecule has 114 valence electrons. The Kier molecular flexibility index (Phi) is 4.80. The van der Waals surface area contributed by atoms with Gasteiger partial charge in [0, 0.05) is 17.8 Å². The lowest BCUT2D eigenvalue weighted by atomic mass is 9.95. The van der Waals surface area contributed by atoms with Gasteiger partial charge in [-0.1, -0.05) is 6.92 Å². The van der Waals surface area contributed by atoms with Gasteiger partial charge < -0.3 is 15.7 Å². The molecule has 0 aliphatic carbocycles. The molecule has 5 nitrogen and oxygen atoms in total. The predicted molar refractivity (Wildman–Crippen MR) is 86.9 cm³/mol. The maximum absolute atomic E-state index is 12.1. The maximum atomic E-state index is 12.1. The number of carbonyl (C=O) groups is 1. The predicted octanol–water partition coefficient (Wildman–Crippen LogP) is 3.28. The monoisotopic (exact) mass is 307 g/mol. The van der Waals surface area contributed by atoms with Crippen molar-refractivity contribution in [3.8, 4) is 0 Å². The summed E-state index contributed by atoms with van der Waals surface area (Å²) in [6, 6.07) is 5.42. The quantitative estimate of drug-likeness (QED) is 0.793. The Morgan fingerprint density at radius 2 is 2.24 bits per heavy atom. The van der Waals surface area contributed by atoms with Crippen molar-refractivity contribution in [1.29, 1.82) is 0 Å². The number of aryl methyl sites for hydroxylation is 1. The SMILES string of the molecule is CCC(C)(CCO)NC(=O)Nc1ccc2nc(C)sc2c1. The first-order chi connectivity index (χ1) is 9.95. The van der Waals surface area contributed by atoms with Crippen molar-refractivity contribution in [2.24, 2.45) is 0 Å². The smallest absolute Gasteiger partial charge is 0.319 e. The van der Waals surface area contributed by atoms with E-state index < -0.39 is 5.54 Å². The molecular formula is C15H21N3O2S. The first kappa shape index (κ1) is 15.7. The Morgan fingerprint density at radius 1 is 1.48 bits per heavy atom. The summed E-state index contributed by atoms with van der Waals surface area (Å²) >= 11 is 1.60. The molecule has 0 fully saturated rings. The van der Waals surface area contributed by atoms with Gasteiger partial charge in [0.25, 0.3) is 0 Å². The van der Waals surface area contributed by atoms with Crippen molar-refractivity contribution in [3.63, 3.8) is 0 Å². The van der Waals surface area contributed by atoms with Crippen LogP contribution in [-0.2, 0) is 0 Å². The lowest BCUT2D eigenvalue weighted by Gasteiger charge is -2.29. The van der Waals surface area contributed by atoms with E-state index in [0.717, 1.165) is 27.3 Å². The van der Waals surface area contributed by atoms with Crippen molar-refractivity contribution in [1.82, 2.24) is 10.3 Å². The minimum absolute atomic E-state index is 0.0523. The standard InChI is InChI=1S/C15H21N3O2S/c1-4-15(3,7-8-19)18-14(20)17-11-5-6-12-13(9-11)21-10(2)16-12/h5-6,9,19H,4,7-8H2,1-3H3,(H2,17,18,20). The fourth-order valence-corrected chi connectivity index (χ4v) is 2.99. The number of aromatic nitrogens is 1. The zero-order valence-electron chi connectivity index (χ0n) is 12.6. The molecule has 0 saturated carbocycles. The molecule has 0 saturated heterocycles. The molecule has 1 aromatic heterocycles. The summed E-state index contributed by atoms with van der Waals surface area (Å²) in [4.78, 5) is 16.5. The average molecular weight is 307 g/mol. The third-order valence-electron chi connectivity index (χ3n) is 3.61. The Morgan fingerprint density at radius 3 is 2.90 bits per heavy atom. The van der Waals surface area contributed by atoms with Gasteiger partial charge in [-0.2, -0.15) is 0 Å². The lowest BCUT2D eigenvalue weighted by molar-refractivity contribution is 0.208. The highest BCUT2D eigenvalue weighted by atomic mass is 32.1. The topological polar surface area (TPSA) is 74.2 Å². The van der Waals surface area contributed by atoms with Crippen LogP contribution in [0.2, 0.25) is 0 Å². The van der Waals surface area contributed by atoms with Crippen LogP contribution in [0.25, 0.3) is 10.2 Å². The number of urea groups is 1. The van der Waals surface area contributed by atoms with Gasteiger partial charge in [-0.05, 0) is 44.9 Å². The highest BCUT2D eigenvalue weighted by molar-refractivity contribution is 7.18. The van der Waals surface area contributed by atoms with E-state index >= 15 is 0 Å². The first-order valence-corrected chi connectivity index (χ1v) is 7.84. The van der Waals surface area contributed by atoms with E-state index in [0.29, 0.717) is 6.42 Å². The number of fused-ring (bicyclic) bond motifs is 1. The van der Waals surface area contributed by atoms with E-state index in [-0.39, 0.29) is 12.6 Å². The molecule has 3 N–H and O–H groups in total.